The quantitative estimate of drug-likeness (QED) is 0.122. The summed E-state index contributed by atoms with van der Waals surface area (Å²) in [5, 5.41) is 15.5. The molecule has 2 unspecified atom stereocenters. The van der Waals surface area contributed by atoms with E-state index in [9.17, 15) is 19.1 Å². The molecular formula is C45H45FN6O5SSi. The molecule has 302 valence electrons. The van der Waals surface area contributed by atoms with Crippen LogP contribution in [-0.2, 0) is 9.96 Å². The Bertz CT molecular complexity index is 2420. The first kappa shape index (κ1) is 40.0. The van der Waals surface area contributed by atoms with Crippen molar-refractivity contribution >= 4 is 42.0 Å². The minimum absolute atomic E-state index is 0.0141. The zero-order valence-electron chi connectivity index (χ0n) is 33.4. The summed E-state index contributed by atoms with van der Waals surface area (Å²) in [6.45, 7) is 11.1. The van der Waals surface area contributed by atoms with Crippen molar-refractivity contribution in [3.63, 3.8) is 0 Å². The summed E-state index contributed by atoms with van der Waals surface area (Å²) < 4.78 is 28.0. The van der Waals surface area contributed by atoms with Crippen LogP contribution in [0.2, 0.25) is 5.04 Å². The van der Waals surface area contributed by atoms with Gasteiger partial charge in [0.2, 0.25) is 5.88 Å². The Morgan fingerprint density at radius 1 is 0.881 bits per heavy atom. The van der Waals surface area contributed by atoms with Gasteiger partial charge in [0.25, 0.3) is 14.2 Å². The molecular weight excluding hydrogens is 784 g/mol. The number of aromatic nitrogens is 4. The molecule has 2 N–H and O–H groups in total. The molecule has 2 fully saturated rings. The van der Waals surface area contributed by atoms with Gasteiger partial charge in [0.05, 0.1) is 23.5 Å². The third-order valence-electron chi connectivity index (χ3n) is 11.4. The summed E-state index contributed by atoms with van der Waals surface area (Å²) in [6, 6.07) is 31.7. The van der Waals surface area contributed by atoms with Crippen molar-refractivity contribution in [3.05, 3.63) is 137 Å². The van der Waals surface area contributed by atoms with Gasteiger partial charge in [-0.15, -0.1) is 11.3 Å². The van der Waals surface area contributed by atoms with E-state index in [1.54, 1.807) is 43.6 Å². The Labute approximate surface area is 347 Å². The van der Waals surface area contributed by atoms with E-state index < -0.39 is 19.9 Å². The molecule has 0 spiro atoms. The van der Waals surface area contributed by atoms with Crippen LogP contribution >= 0.6 is 11.3 Å². The molecule has 2 aliphatic rings. The normalized spacial score (nSPS) is 18.5. The van der Waals surface area contributed by atoms with Crippen LogP contribution in [0.1, 0.15) is 48.6 Å². The highest BCUT2D eigenvalue weighted by atomic mass is 32.1. The number of piperidine rings is 1. The van der Waals surface area contributed by atoms with Crippen molar-refractivity contribution in [1.82, 2.24) is 30.2 Å². The smallest absolute Gasteiger partial charge is 0.405 e. The van der Waals surface area contributed by atoms with E-state index in [2.05, 4.69) is 65.3 Å². The molecule has 8 rings (SSSR count). The van der Waals surface area contributed by atoms with Gasteiger partial charge in [0.1, 0.15) is 16.8 Å². The molecule has 11 nitrogen and oxygen atoms in total. The number of carbonyl (C=O) groups is 2. The fraction of sp³-hybridized carbons (Fsp3) is 0.289. The molecule has 4 atom stereocenters. The number of benzene rings is 3. The Morgan fingerprint density at radius 2 is 1.49 bits per heavy atom. The lowest BCUT2D eigenvalue weighted by molar-refractivity contribution is 0.0755. The zero-order valence-corrected chi connectivity index (χ0v) is 35.2. The molecule has 14 heteroatoms. The largest absolute Gasteiger partial charge is 0.474 e. The molecule has 6 aromatic rings. The van der Waals surface area contributed by atoms with Crippen molar-refractivity contribution in [2.75, 3.05) is 19.7 Å². The minimum Gasteiger partial charge on any atom is -0.474 e. The van der Waals surface area contributed by atoms with Gasteiger partial charge in [0, 0.05) is 48.9 Å². The lowest BCUT2D eigenvalue weighted by Gasteiger charge is -2.45. The number of carboxylic acid groups (broad SMARTS) is 1. The van der Waals surface area contributed by atoms with Gasteiger partial charge >= 0.3 is 6.09 Å². The fourth-order valence-electron chi connectivity index (χ4n) is 8.29. The number of rotatable bonds is 12. The second-order valence-electron chi connectivity index (χ2n) is 16.4. The van der Waals surface area contributed by atoms with Gasteiger partial charge in [-0.25, -0.2) is 29.1 Å². The van der Waals surface area contributed by atoms with E-state index in [1.807, 2.05) is 54.3 Å². The molecule has 1 saturated carbocycles. The Morgan fingerprint density at radius 3 is 2.07 bits per heavy atom. The van der Waals surface area contributed by atoms with E-state index >= 15 is 0 Å². The predicted octanol–water partition coefficient (Wildman–Crippen LogP) is 7.32. The lowest BCUT2D eigenvalue weighted by Crippen LogP contribution is -2.68. The Hall–Kier alpha value is -5.83. The first-order valence-electron chi connectivity index (χ1n) is 19.5. The number of nitrogens with zero attached hydrogens (tertiary/aromatic N) is 5. The van der Waals surface area contributed by atoms with Crippen LogP contribution in [0, 0.1) is 24.6 Å². The average Bonchev–Trinajstić information content (AvgIpc) is 3.50. The molecule has 0 bridgehead atoms. The monoisotopic (exact) mass is 828 g/mol. The molecule has 3 aromatic heterocycles. The minimum atomic E-state index is -3.10. The first-order chi connectivity index (χ1) is 28.3. The van der Waals surface area contributed by atoms with Crippen molar-refractivity contribution in [2.24, 2.45) is 11.8 Å². The summed E-state index contributed by atoms with van der Waals surface area (Å²) in [6.07, 6.45) is 1.87. The van der Waals surface area contributed by atoms with Gasteiger partial charge in [-0.1, -0.05) is 81.4 Å². The highest BCUT2D eigenvalue weighted by molar-refractivity contribution is 7.17. The number of amides is 2. The maximum atomic E-state index is 14.1. The van der Waals surface area contributed by atoms with Crippen molar-refractivity contribution in [2.45, 2.75) is 51.3 Å². The molecule has 1 saturated heterocycles. The topological polar surface area (TPSA) is 140 Å². The van der Waals surface area contributed by atoms with E-state index in [-0.39, 0.29) is 41.3 Å². The lowest BCUT2D eigenvalue weighted by atomic mass is 9.92. The summed E-state index contributed by atoms with van der Waals surface area (Å²) in [4.78, 5) is 46.8. The van der Waals surface area contributed by atoms with Crippen LogP contribution in [0.3, 0.4) is 0 Å². The summed E-state index contributed by atoms with van der Waals surface area (Å²) >= 11 is 1.29. The van der Waals surface area contributed by atoms with Crippen molar-refractivity contribution in [3.8, 4) is 28.0 Å². The molecule has 0 radical (unpaired) electrons. The highest BCUT2D eigenvalue weighted by Gasteiger charge is 2.59. The summed E-state index contributed by atoms with van der Waals surface area (Å²) in [5.74, 6) is 0.491. The average molecular weight is 829 g/mol. The Kier molecular flexibility index (Phi) is 10.7. The SMILES string of the molecule is Cc1nc(-c2ncccn2)sc1C(=O)N1C[C@@H]2C(Oc3cc(C(C)(CO[Si](c4ccccc4)(c4ccccc4)C(C)(C)C)NC(=O)O)cc(-c4ccc(F)cc4)n3)[C@@H]2C1. The molecule has 2 amide bonds. The van der Waals surface area contributed by atoms with E-state index in [1.165, 1.54) is 23.5 Å². The maximum Gasteiger partial charge on any atom is 0.405 e. The first-order valence-corrected chi connectivity index (χ1v) is 22.2. The molecule has 3 aromatic carbocycles. The van der Waals surface area contributed by atoms with Crippen LogP contribution in [0.15, 0.2) is 116 Å². The number of fused-ring (bicyclic) bond motifs is 1. The van der Waals surface area contributed by atoms with Gasteiger partial charge in [-0.2, -0.15) is 0 Å². The summed E-state index contributed by atoms with van der Waals surface area (Å²) in [5.41, 5.74) is 1.05. The number of carbonyl (C=O) groups excluding carboxylic acids is 1. The van der Waals surface area contributed by atoms with E-state index in [0.717, 1.165) is 10.4 Å². The van der Waals surface area contributed by atoms with Crippen LogP contribution < -0.4 is 20.4 Å². The molecule has 4 heterocycles. The van der Waals surface area contributed by atoms with Crippen LogP contribution in [0.25, 0.3) is 22.1 Å². The van der Waals surface area contributed by atoms with E-state index in [4.69, 9.17) is 14.1 Å². The van der Waals surface area contributed by atoms with Crippen molar-refractivity contribution < 1.29 is 28.2 Å². The summed E-state index contributed by atoms with van der Waals surface area (Å²) in [7, 11) is -3.10. The fourth-order valence-corrected chi connectivity index (χ4v) is 13.9. The van der Waals surface area contributed by atoms with Crippen LogP contribution in [0.5, 0.6) is 5.88 Å². The van der Waals surface area contributed by atoms with Gasteiger partial charge in [0.15, 0.2) is 10.8 Å². The maximum absolute atomic E-state index is 14.1. The number of ether oxygens (including phenoxy) is 1. The van der Waals surface area contributed by atoms with Crippen molar-refractivity contribution in [1.29, 1.82) is 0 Å². The Balaban J connectivity index is 1.09. The number of hydrogen-bond acceptors (Lipinski definition) is 9. The number of likely N-dealkylation sites (tertiary alicyclic amines) is 1. The number of thiazole rings is 1. The standard InChI is InChI=1S/C45H45FN6O5SSi/c1-28-39(58-41(49-28)40-47-21-12-22-48-40)42(53)52-25-34-35(26-52)38(34)57-37-24-30(23-36(50-37)29-17-19-31(46)20-18-29)45(5,51-43(54)55)27-56-59(44(2,3)4,32-13-8-6-9-14-32)33-15-10-7-11-16-33/h6-24,34-35,38,51H,25-27H2,1-5H3,(H,54,55)/t34-,35+,38?,45?. The third-order valence-corrected chi connectivity index (χ3v) is 17.5. The van der Waals surface area contributed by atoms with Gasteiger partial charge in [-0.3, -0.25) is 4.79 Å². The zero-order chi connectivity index (χ0) is 41.5. The van der Waals surface area contributed by atoms with Crippen LogP contribution in [-0.4, -0.2) is 76.1 Å². The number of aryl methyl sites for hydroxylation is 1. The molecule has 1 aliphatic carbocycles. The third kappa shape index (κ3) is 7.87. The highest BCUT2D eigenvalue weighted by Crippen LogP contribution is 2.49. The molecule has 59 heavy (non-hydrogen) atoms. The second-order valence-corrected chi connectivity index (χ2v) is 21.7. The number of hydrogen-bond donors (Lipinski definition) is 2. The van der Waals surface area contributed by atoms with Gasteiger partial charge in [-0.05, 0) is 71.2 Å². The second kappa shape index (κ2) is 15.7. The number of halogens is 1. The van der Waals surface area contributed by atoms with E-state index in [0.29, 0.717) is 57.2 Å². The predicted molar refractivity (Wildman–Crippen MR) is 227 cm³/mol. The van der Waals surface area contributed by atoms with Crippen LogP contribution in [0.4, 0.5) is 9.18 Å². The number of nitrogens with one attached hydrogen (secondary N) is 1. The van der Waals surface area contributed by atoms with Gasteiger partial charge < -0.3 is 24.5 Å². The molecule has 1 aliphatic heterocycles. The number of pyridine rings is 1.